The standard InChI is InChI=1S/C13H17N5O2/c1-20-4-13-2-7(13)10(8(19)3-13)18-6-17-9-11(14)15-5-16-12(9)18/h5-8,10,19H,2-4H2,1H3,(H2,14,15,16)/t7-,8-,10-,13-/m1/s1. The Morgan fingerprint density at radius 2 is 2.30 bits per heavy atom. The number of nitrogen functional groups attached to an aromatic ring is 1. The van der Waals surface area contributed by atoms with E-state index in [1.807, 2.05) is 4.57 Å². The van der Waals surface area contributed by atoms with Crippen molar-refractivity contribution in [3.05, 3.63) is 12.7 Å². The second-order valence-electron chi connectivity index (χ2n) is 5.95. The van der Waals surface area contributed by atoms with Crippen LogP contribution in [0.2, 0.25) is 0 Å². The summed E-state index contributed by atoms with van der Waals surface area (Å²) in [6.07, 6.45) is 4.62. The number of rotatable bonds is 3. The summed E-state index contributed by atoms with van der Waals surface area (Å²) in [7, 11) is 1.71. The molecule has 0 aliphatic heterocycles. The van der Waals surface area contributed by atoms with Gasteiger partial charge in [-0.2, -0.15) is 0 Å². The van der Waals surface area contributed by atoms with Gasteiger partial charge in [0, 0.05) is 12.5 Å². The fraction of sp³-hybridized carbons (Fsp3) is 0.615. The molecule has 2 saturated carbocycles. The number of imidazole rings is 1. The molecule has 0 saturated heterocycles. The Hall–Kier alpha value is -1.73. The summed E-state index contributed by atoms with van der Waals surface area (Å²) in [5, 5.41) is 10.4. The zero-order valence-corrected chi connectivity index (χ0v) is 11.2. The quantitative estimate of drug-likeness (QED) is 0.839. The van der Waals surface area contributed by atoms with Crippen molar-refractivity contribution in [3.8, 4) is 0 Å². The molecule has 20 heavy (non-hydrogen) atoms. The maximum Gasteiger partial charge on any atom is 0.165 e. The molecule has 0 radical (unpaired) electrons. The molecule has 0 amide bonds. The van der Waals surface area contributed by atoms with Crippen LogP contribution in [0.3, 0.4) is 0 Å². The Balaban J connectivity index is 1.76. The first-order valence-corrected chi connectivity index (χ1v) is 6.76. The molecule has 3 N–H and O–H groups in total. The molecule has 2 aromatic rings. The molecule has 4 rings (SSSR count). The number of ether oxygens (including phenoxy) is 1. The molecule has 2 aliphatic carbocycles. The van der Waals surface area contributed by atoms with Gasteiger partial charge in [-0.1, -0.05) is 0 Å². The number of methoxy groups -OCH3 is 1. The number of hydrogen-bond acceptors (Lipinski definition) is 6. The van der Waals surface area contributed by atoms with Crippen LogP contribution in [0.15, 0.2) is 12.7 Å². The summed E-state index contributed by atoms with van der Waals surface area (Å²) in [6, 6.07) is 0.00412. The minimum absolute atomic E-state index is 0.00412. The van der Waals surface area contributed by atoms with E-state index in [9.17, 15) is 5.11 Å². The predicted octanol–water partition coefficient (Wildman–Crippen LogP) is 0.367. The molecule has 0 bridgehead atoms. The maximum atomic E-state index is 10.4. The fourth-order valence-corrected chi connectivity index (χ4v) is 3.88. The number of hydrogen-bond donors (Lipinski definition) is 2. The van der Waals surface area contributed by atoms with Crippen molar-refractivity contribution in [3.63, 3.8) is 0 Å². The topological polar surface area (TPSA) is 99.1 Å². The number of anilines is 1. The van der Waals surface area contributed by atoms with Gasteiger partial charge in [-0.25, -0.2) is 15.0 Å². The molecule has 2 aliphatic rings. The fourth-order valence-electron chi connectivity index (χ4n) is 3.88. The zero-order chi connectivity index (χ0) is 13.9. The Labute approximate surface area is 115 Å². The van der Waals surface area contributed by atoms with Crippen molar-refractivity contribution < 1.29 is 9.84 Å². The van der Waals surface area contributed by atoms with Crippen LogP contribution in [0.1, 0.15) is 18.9 Å². The monoisotopic (exact) mass is 275 g/mol. The van der Waals surface area contributed by atoms with Gasteiger partial charge < -0.3 is 20.1 Å². The molecule has 7 nitrogen and oxygen atoms in total. The summed E-state index contributed by atoms with van der Waals surface area (Å²) in [5.74, 6) is 0.797. The van der Waals surface area contributed by atoms with E-state index in [4.69, 9.17) is 10.5 Å². The molecule has 2 aromatic heterocycles. The van der Waals surface area contributed by atoms with Crippen LogP contribution in [0, 0.1) is 11.3 Å². The van der Waals surface area contributed by atoms with Gasteiger partial charge in [-0.15, -0.1) is 0 Å². The van der Waals surface area contributed by atoms with E-state index >= 15 is 0 Å². The average molecular weight is 275 g/mol. The number of nitrogens with two attached hydrogens (primary N) is 1. The number of aromatic nitrogens is 4. The third-order valence-electron chi connectivity index (χ3n) is 4.82. The first kappa shape index (κ1) is 12.0. The summed E-state index contributed by atoms with van der Waals surface area (Å²) < 4.78 is 7.26. The van der Waals surface area contributed by atoms with Gasteiger partial charge >= 0.3 is 0 Å². The molecule has 2 fully saturated rings. The van der Waals surface area contributed by atoms with Gasteiger partial charge in [0.15, 0.2) is 11.5 Å². The third kappa shape index (κ3) is 1.44. The largest absolute Gasteiger partial charge is 0.391 e. The van der Waals surface area contributed by atoms with Gasteiger partial charge in [0.2, 0.25) is 0 Å². The maximum absolute atomic E-state index is 10.4. The molecule has 0 aromatic carbocycles. The highest BCUT2D eigenvalue weighted by molar-refractivity contribution is 5.81. The van der Waals surface area contributed by atoms with E-state index < -0.39 is 6.10 Å². The van der Waals surface area contributed by atoms with Crippen LogP contribution in [0.25, 0.3) is 11.2 Å². The summed E-state index contributed by atoms with van der Waals surface area (Å²) in [5.41, 5.74) is 7.24. The van der Waals surface area contributed by atoms with Crippen molar-refractivity contribution in [2.45, 2.75) is 25.0 Å². The van der Waals surface area contributed by atoms with Crippen molar-refractivity contribution in [2.75, 3.05) is 19.5 Å². The van der Waals surface area contributed by atoms with Gasteiger partial charge in [-0.3, -0.25) is 0 Å². The van der Waals surface area contributed by atoms with Crippen LogP contribution in [-0.4, -0.2) is 44.4 Å². The van der Waals surface area contributed by atoms with Crippen LogP contribution in [-0.2, 0) is 4.74 Å². The van der Waals surface area contributed by atoms with Crippen molar-refractivity contribution in [1.29, 1.82) is 0 Å². The van der Waals surface area contributed by atoms with Crippen LogP contribution in [0.4, 0.5) is 5.82 Å². The molecule has 7 heteroatoms. The van der Waals surface area contributed by atoms with E-state index in [2.05, 4.69) is 15.0 Å². The average Bonchev–Trinajstić information content (AvgIpc) is 2.80. The van der Waals surface area contributed by atoms with Gasteiger partial charge in [0.05, 0.1) is 25.1 Å². The Morgan fingerprint density at radius 1 is 1.45 bits per heavy atom. The minimum atomic E-state index is -0.391. The molecule has 4 atom stereocenters. The Morgan fingerprint density at radius 3 is 3.10 bits per heavy atom. The lowest BCUT2D eigenvalue weighted by molar-refractivity contribution is 0.0948. The predicted molar refractivity (Wildman–Crippen MR) is 71.8 cm³/mol. The summed E-state index contributed by atoms with van der Waals surface area (Å²) in [4.78, 5) is 12.5. The second-order valence-corrected chi connectivity index (χ2v) is 5.95. The highest BCUT2D eigenvalue weighted by Crippen LogP contribution is 2.67. The Kier molecular flexibility index (Phi) is 2.34. The number of aliphatic hydroxyl groups is 1. The van der Waals surface area contributed by atoms with Gasteiger partial charge in [0.1, 0.15) is 11.8 Å². The van der Waals surface area contributed by atoms with Crippen LogP contribution >= 0.6 is 0 Å². The van der Waals surface area contributed by atoms with E-state index in [0.717, 1.165) is 12.8 Å². The lowest BCUT2D eigenvalue weighted by atomic mass is 10.0. The van der Waals surface area contributed by atoms with Crippen LogP contribution < -0.4 is 5.73 Å². The second kappa shape index (κ2) is 3.89. The SMILES string of the molecule is COC[C@@]12C[C@@H](O)[C@H](n3cnc4c(N)ncnc43)[C@H]1C2. The van der Waals surface area contributed by atoms with Crippen molar-refractivity contribution in [2.24, 2.45) is 11.3 Å². The highest BCUT2D eigenvalue weighted by atomic mass is 16.5. The van der Waals surface area contributed by atoms with Crippen LogP contribution in [0.5, 0.6) is 0 Å². The van der Waals surface area contributed by atoms with E-state index in [1.165, 1.54) is 6.33 Å². The lowest BCUT2D eigenvalue weighted by Gasteiger charge is -2.19. The van der Waals surface area contributed by atoms with E-state index in [-0.39, 0.29) is 11.5 Å². The molecular weight excluding hydrogens is 258 g/mol. The Bertz CT molecular complexity index is 672. The highest BCUT2D eigenvalue weighted by Gasteiger charge is 2.65. The summed E-state index contributed by atoms with van der Waals surface area (Å²) in [6.45, 7) is 0.703. The van der Waals surface area contributed by atoms with Crippen molar-refractivity contribution in [1.82, 2.24) is 19.5 Å². The first-order chi connectivity index (χ1) is 9.66. The van der Waals surface area contributed by atoms with E-state index in [0.29, 0.717) is 29.5 Å². The number of fused-ring (bicyclic) bond motifs is 2. The van der Waals surface area contributed by atoms with Crippen molar-refractivity contribution >= 4 is 17.0 Å². The molecule has 2 heterocycles. The zero-order valence-electron chi connectivity index (χ0n) is 11.2. The molecular formula is C13H17N5O2. The number of nitrogens with zero attached hydrogens (tertiary/aromatic N) is 4. The van der Waals surface area contributed by atoms with E-state index in [1.54, 1.807) is 13.4 Å². The molecule has 106 valence electrons. The third-order valence-corrected chi connectivity index (χ3v) is 4.82. The molecule has 0 spiro atoms. The molecule has 0 unspecified atom stereocenters. The summed E-state index contributed by atoms with van der Waals surface area (Å²) >= 11 is 0. The van der Waals surface area contributed by atoms with Gasteiger partial charge in [-0.05, 0) is 18.8 Å². The first-order valence-electron chi connectivity index (χ1n) is 6.76. The van der Waals surface area contributed by atoms with Gasteiger partial charge in [0.25, 0.3) is 0 Å². The normalized spacial score (nSPS) is 35.4. The minimum Gasteiger partial charge on any atom is -0.391 e. The lowest BCUT2D eigenvalue weighted by Crippen LogP contribution is -2.22. The smallest absolute Gasteiger partial charge is 0.165 e. The number of aliphatic hydroxyl groups excluding tert-OH is 1.